The number of hydrogen-bond donors (Lipinski definition) is 0. The number of carbonyl (C=O) groups is 1. The van der Waals surface area contributed by atoms with Crippen LogP contribution in [0, 0.1) is 0 Å². The Morgan fingerprint density at radius 2 is 1.96 bits per heavy atom. The molecule has 2 saturated heterocycles. The molecule has 2 aliphatic rings. The molecular weight excluding hydrogens is 304 g/mol. The van der Waals surface area contributed by atoms with Crippen molar-refractivity contribution in [1.82, 2.24) is 9.80 Å². The van der Waals surface area contributed by atoms with E-state index in [0.717, 1.165) is 19.4 Å². The Morgan fingerprint density at radius 1 is 1.26 bits per heavy atom. The van der Waals surface area contributed by atoms with Gasteiger partial charge in [0, 0.05) is 23.5 Å². The van der Waals surface area contributed by atoms with E-state index in [9.17, 15) is 4.79 Å². The lowest BCUT2D eigenvalue weighted by Gasteiger charge is -2.27. The fraction of sp³-hybridized carbons (Fsp3) is 0.632. The molecule has 3 rings (SSSR count). The monoisotopic (exact) mass is 332 g/mol. The van der Waals surface area contributed by atoms with Crippen LogP contribution in [0.15, 0.2) is 35.2 Å². The Bertz CT molecular complexity index is 515. The van der Waals surface area contributed by atoms with Crippen LogP contribution in [0.3, 0.4) is 0 Å². The minimum atomic E-state index is 0.0391. The Balaban J connectivity index is 1.63. The summed E-state index contributed by atoms with van der Waals surface area (Å²) in [7, 11) is 0. The first kappa shape index (κ1) is 16.8. The Hall–Kier alpha value is -1.00. The van der Waals surface area contributed by atoms with Crippen LogP contribution in [0.4, 0.5) is 0 Å². The van der Waals surface area contributed by atoms with Crippen molar-refractivity contribution in [2.24, 2.45) is 0 Å². The predicted molar refractivity (Wildman–Crippen MR) is 96.8 cm³/mol. The number of rotatable bonds is 5. The van der Waals surface area contributed by atoms with Crippen molar-refractivity contribution in [3.8, 4) is 0 Å². The van der Waals surface area contributed by atoms with E-state index in [1.165, 1.54) is 30.8 Å². The van der Waals surface area contributed by atoms with Gasteiger partial charge in [0.25, 0.3) is 0 Å². The molecule has 2 heterocycles. The fourth-order valence-electron chi connectivity index (χ4n) is 3.84. The molecule has 0 spiro atoms. The average Bonchev–Trinajstić information content (AvgIpc) is 3.22. The molecule has 0 unspecified atom stereocenters. The summed E-state index contributed by atoms with van der Waals surface area (Å²) in [5.74, 6) is 0.329. The van der Waals surface area contributed by atoms with E-state index in [2.05, 4.69) is 35.8 Å². The fourth-order valence-corrected chi connectivity index (χ4v) is 4.88. The summed E-state index contributed by atoms with van der Waals surface area (Å²) in [4.78, 5) is 19.0. The molecule has 0 bridgehead atoms. The summed E-state index contributed by atoms with van der Waals surface area (Å²) in [6.45, 7) is 7.70. The van der Waals surface area contributed by atoms with Crippen LogP contribution >= 0.6 is 11.8 Å². The second kappa shape index (κ2) is 7.71. The molecular formula is C19H28N2OS. The minimum absolute atomic E-state index is 0.0391. The van der Waals surface area contributed by atoms with Gasteiger partial charge in [0.2, 0.25) is 5.91 Å². The molecule has 0 aliphatic carbocycles. The van der Waals surface area contributed by atoms with Crippen molar-refractivity contribution in [2.75, 3.05) is 19.6 Å². The smallest absolute Gasteiger partial charge is 0.236 e. The van der Waals surface area contributed by atoms with E-state index in [1.54, 1.807) is 11.8 Å². The first-order chi connectivity index (χ1) is 11.2. The molecule has 0 radical (unpaired) electrons. The lowest BCUT2D eigenvalue weighted by molar-refractivity contribution is -0.131. The highest BCUT2D eigenvalue weighted by Gasteiger charge is 2.38. The van der Waals surface area contributed by atoms with Crippen molar-refractivity contribution in [3.05, 3.63) is 30.3 Å². The van der Waals surface area contributed by atoms with Crippen LogP contribution < -0.4 is 0 Å². The van der Waals surface area contributed by atoms with Gasteiger partial charge in [-0.3, -0.25) is 9.69 Å². The number of nitrogens with zero attached hydrogens (tertiary/aromatic N) is 2. The van der Waals surface area contributed by atoms with Gasteiger partial charge in [-0.1, -0.05) is 25.1 Å². The van der Waals surface area contributed by atoms with Gasteiger partial charge in [-0.05, 0) is 57.8 Å². The van der Waals surface area contributed by atoms with Crippen LogP contribution in [-0.2, 0) is 4.79 Å². The number of carbonyl (C=O) groups excluding carboxylic acids is 1. The molecule has 3 atom stereocenters. The van der Waals surface area contributed by atoms with Gasteiger partial charge >= 0.3 is 0 Å². The van der Waals surface area contributed by atoms with Gasteiger partial charge in [-0.2, -0.15) is 0 Å². The normalized spacial score (nSPS) is 26.6. The lowest BCUT2D eigenvalue weighted by atomic mass is 10.2. The zero-order valence-electron chi connectivity index (χ0n) is 14.3. The standard InChI is InChI=1S/C19H28N2OS/c1-3-18(23-17-9-5-4-6-10-17)19(22)21-14-16(13-15(21)2)20-11-7-8-12-20/h4-6,9-10,15-16,18H,3,7-8,11-14H2,1-2H3/t15-,16-,18+/m1/s1. The Labute approximate surface area is 144 Å². The van der Waals surface area contributed by atoms with Crippen LogP contribution in [0.5, 0.6) is 0 Å². The summed E-state index contributed by atoms with van der Waals surface area (Å²) in [6, 6.07) is 11.3. The van der Waals surface area contributed by atoms with E-state index < -0.39 is 0 Å². The lowest BCUT2D eigenvalue weighted by Crippen LogP contribution is -2.41. The number of hydrogen-bond acceptors (Lipinski definition) is 3. The van der Waals surface area contributed by atoms with Crippen molar-refractivity contribution < 1.29 is 4.79 Å². The molecule has 23 heavy (non-hydrogen) atoms. The molecule has 0 saturated carbocycles. The first-order valence-corrected chi connectivity index (χ1v) is 9.83. The van der Waals surface area contributed by atoms with Crippen molar-refractivity contribution in [2.45, 2.75) is 61.8 Å². The van der Waals surface area contributed by atoms with Gasteiger partial charge in [-0.25, -0.2) is 0 Å². The quantitative estimate of drug-likeness (QED) is 0.769. The second-order valence-electron chi connectivity index (χ2n) is 6.80. The molecule has 1 aromatic rings. The highest BCUT2D eigenvalue weighted by Crippen LogP contribution is 2.31. The number of amides is 1. The molecule has 3 nitrogen and oxygen atoms in total. The SMILES string of the molecule is CC[C@H](Sc1ccccc1)C(=O)N1C[C@H](N2CCCC2)C[C@H]1C. The van der Waals surface area contributed by atoms with E-state index in [-0.39, 0.29) is 5.25 Å². The van der Waals surface area contributed by atoms with Crippen LogP contribution in [0.2, 0.25) is 0 Å². The largest absolute Gasteiger partial charge is 0.337 e. The van der Waals surface area contributed by atoms with Crippen molar-refractivity contribution in [1.29, 1.82) is 0 Å². The van der Waals surface area contributed by atoms with Gasteiger partial charge in [-0.15, -0.1) is 11.8 Å². The van der Waals surface area contributed by atoms with Gasteiger partial charge in [0.1, 0.15) is 0 Å². The third-order valence-electron chi connectivity index (χ3n) is 5.16. The van der Waals surface area contributed by atoms with Crippen molar-refractivity contribution >= 4 is 17.7 Å². The third kappa shape index (κ3) is 3.92. The topological polar surface area (TPSA) is 23.6 Å². The first-order valence-electron chi connectivity index (χ1n) is 8.95. The predicted octanol–water partition coefficient (Wildman–Crippen LogP) is 3.64. The number of thioether (sulfide) groups is 1. The minimum Gasteiger partial charge on any atom is -0.337 e. The number of likely N-dealkylation sites (tertiary alicyclic amines) is 2. The summed E-state index contributed by atoms with van der Waals surface area (Å²) >= 11 is 1.71. The molecule has 126 valence electrons. The maximum Gasteiger partial charge on any atom is 0.236 e. The van der Waals surface area contributed by atoms with E-state index in [4.69, 9.17) is 0 Å². The van der Waals surface area contributed by atoms with Crippen LogP contribution in [0.1, 0.15) is 39.5 Å². The van der Waals surface area contributed by atoms with Gasteiger partial charge < -0.3 is 4.90 Å². The second-order valence-corrected chi connectivity index (χ2v) is 8.08. The summed E-state index contributed by atoms with van der Waals surface area (Å²) < 4.78 is 0. The van der Waals surface area contributed by atoms with E-state index in [1.807, 2.05) is 18.2 Å². The molecule has 4 heteroatoms. The van der Waals surface area contributed by atoms with E-state index >= 15 is 0 Å². The molecule has 0 N–H and O–H groups in total. The Morgan fingerprint density at radius 3 is 2.61 bits per heavy atom. The summed E-state index contributed by atoms with van der Waals surface area (Å²) in [5, 5.41) is 0.0391. The third-order valence-corrected chi connectivity index (χ3v) is 6.52. The zero-order valence-corrected chi connectivity index (χ0v) is 15.1. The molecule has 1 amide bonds. The Kier molecular flexibility index (Phi) is 5.65. The summed E-state index contributed by atoms with van der Waals surface area (Å²) in [5.41, 5.74) is 0. The van der Waals surface area contributed by atoms with E-state index in [0.29, 0.717) is 18.0 Å². The number of benzene rings is 1. The summed E-state index contributed by atoms with van der Waals surface area (Å²) in [6.07, 6.45) is 4.66. The maximum atomic E-state index is 13.0. The highest BCUT2D eigenvalue weighted by atomic mass is 32.2. The maximum absolute atomic E-state index is 13.0. The average molecular weight is 333 g/mol. The molecule has 2 aliphatic heterocycles. The molecule has 1 aromatic carbocycles. The van der Waals surface area contributed by atoms with Gasteiger partial charge in [0.15, 0.2) is 0 Å². The van der Waals surface area contributed by atoms with Crippen molar-refractivity contribution in [3.63, 3.8) is 0 Å². The van der Waals surface area contributed by atoms with Gasteiger partial charge in [0.05, 0.1) is 5.25 Å². The van der Waals surface area contributed by atoms with Crippen LogP contribution in [-0.4, -0.2) is 52.7 Å². The molecule has 2 fully saturated rings. The van der Waals surface area contributed by atoms with Crippen LogP contribution in [0.25, 0.3) is 0 Å². The zero-order chi connectivity index (χ0) is 16.2. The highest BCUT2D eigenvalue weighted by molar-refractivity contribution is 8.00. The molecule has 0 aromatic heterocycles.